The van der Waals surface area contributed by atoms with E-state index in [4.69, 9.17) is 5.73 Å². The summed E-state index contributed by atoms with van der Waals surface area (Å²) in [5.74, 6) is 0. The molecule has 0 fully saturated rings. The van der Waals surface area contributed by atoms with Crippen molar-refractivity contribution in [3.8, 4) is 0 Å². The molecule has 2 rings (SSSR count). The van der Waals surface area contributed by atoms with Gasteiger partial charge in [0.25, 0.3) is 0 Å². The second kappa shape index (κ2) is 4.33. The maximum atomic E-state index is 10.1. The van der Waals surface area contributed by atoms with E-state index in [0.29, 0.717) is 11.4 Å². The minimum Gasteiger partial charge on any atom is -0.399 e. The molecule has 1 aromatic heterocycles. The maximum absolute atomic E-state index is 10.1. The fraction of sp³-hybridized carbons (Fsp3) is 0.154. The van der Waals surface area contributed by atoms with E-state index in [1.54, 1.807) is 12.1 Å². The molecule has 1 unspecified atom stereocenters. The summed E-state index contributed by atoms with van der Waals surface area (Å²) in [6.07, 6.45) is -0.694. The van der Waals surface area contributed by atoms with Gasteiger partial charge in [0.1, 0.15) is 6.10 Å². The van der Waals surface area contributed by atoms with Gasteiger partial charge in [-0.25, -0.2) is 0 Å². The van der Waals surface area contributed by atoms with E-state index in [0.717, 1.165) is 11.3 Å². The van der Waals surface area contributed by atoms with Crippen molar-refractivity contribution in [3.63, 3.8) is 0 Å². The molecule has 16 heavy (non-hydrogen) atoms. The molecule has 82 valence electrons. The summed E-state index contributed by atoms with van der Waals surface area (Å²) in [5.41, 5.74) is 8.63. The van der Waals surface area contributed by atoms with E-state index >= 15 is 0 Å². The van der Waals surface area contributed by atoms with Crippen LogP contribution in [-0.4, -0.2) is 10.1 Å². The SMILES string of the molecule is Cc1cccc(C(O)c2ccc(N)cc2)n1. The van der Waals surface area contributed by atoms with Gasteiger partial charge in [0.15, 0.2) is 0 Å². The summed E-state index contributed by atoms with van der Waals surface area (Å²) in [6.45, 7) is 1.90. The third-order valence-electron chi connectivity index (χ3n) is 2.44. The van der Waals surface area contributed by atoms with Crippen molar-refractivity contribution in [2.45, 2.75) is 13.0 Å². The van der Waals surface area contributed by atoms with Crippen molar-refractivity contribution >= 4 is 5.69 Å². The second-order valence-corrected chi connectivity index (χ2v) is 3.77. The molecule has 3 N–H and O–H groups in total. The van der Waals surface area contributed by atoms with Crippen molar-refractivity contribution < 1.29 is 5.11 Å². The van der Waals surface area contributed by atoms with E-state index in [1.807, 2.05) is 37.3 Å². The predicted molar refractivity (Wildman–Crippen MR) is 63.9 cm³/mol. The molecular formula is C13H14N2O. The van der Waals surface area contributed by atoms with Gasteiger partial charge in [0.05, 0.1) is 5.69 Å². The Bertz CT molecular complexity index is 480. The van der Waals surface area contributed by atoms with Crippen LogP contribution in [0.3, 0.4) is 0 Å². The summed E-state index contributed by atoms with van der Waals surface area (Å²) in [5, 5.41) is 10.1. The molecule has 0 amide bonds. The molecule has 0 saturated heterocycles. The highest BCUT2D eigenvalue weighted by atomic mass is 16.3. The maximum Gasteiger partial charge on any atom is 0.121 e. The van der Waals surface area contributed by atoms with Crippen LogP contribution in [0.5, 0.6) is 0 Å². The number of nitrogens with zero attached hydrogens (tertiary/aromatic N) is 1. The Morgan fingerprint density at radius 2 is 1.81 bits per heavy atom. The lowest BCUT2D eigenvalue weighted by molar-refractivity contribution is 0.215. The quantitative estimate of drug-likeness (QED) is 0.752. The van der Waals surface area contributed by atoms with Gasteiger partial charge < -0.3 is 10.8 Å². The lowest BCUT2D eigenvalue weighted by Gasteiger charge is -2.11. The topological polar surface area (TPSA) is 59.1 Å². The van der Waals surface area contributed by atoms with E-state index in [1.165, 1.54) is 0 Å². The molecule has 2 aromatic rings. The first-order chi connectivity index (χ1) is 7.66. The third kappa shape index (κ3) is 2.20. The van der Waals surface area contributed by atoms with Crippen molar-refractivity contribution in [1.82, 2.24) is 4.98 Å². The van der Waals surface area contributed by atoms with Crippen LogP contribution in [0.2, 0.25) is 0 Å². The second-order valence-electron chi connectivity index (χ2n) is 3.77. The van der Waals surface area contributed by atoms with Gasteiger partial charge in [-0.2, -0.15) is 0 Å². The van der Waals surface area contributed by atoms with Crippen molar-refractivity contribution in [1.29, 1.82) is 0 Å². The lowest BCUT2D eigenvalue weighted by Crippen LogP contribution is -2.03. The summed E-state index contributed by atoms with van der Waals surface area (Å²) < 4.78 is 0. The molecule has 0 saturated carbocycles. The van der Waals surface area contributed by atoms with Crippen molar-refractivity contribution in [2.24, 2.45) is 0 Å². The van der Waals surface area contributed by atoms with Gasteiger partial charge in [-0.1, -0.05) is 18.2 Å². The van der Waals surface area contributed by atoms with E-state index in [-0.39, 0.29) is 0 Å². The Labute approximate surface area is 94.6 Å². The average Bonchev–Trinajstić information content (AvgIpc) is 2.29. The predicted octanol–water partition coefficient (Wildman–Crippen LogP) is 2.05. The largest absolute Gasteiger partial charge is 0.399 e. The molecule has 0 aliphatic rings. The molecule has 0 radical (unpaired) electrons. The Kier molecular flexibility index (Phi) is 2.88. The Morgan fingerprint density at radius 1 is 1.12 bits per heavy atom. The van der Waals surface area contributed by atoms with Gasteiger partial charge >= 0.3 is 0 Å². The zero-order chi connectivity index (χ0) is 11.5. The third-order valence-corrected chi connectivity index (χ3v) is 2.44. The van der Waals surface area contributed by atoms with E-state index in [2.05, 4.69) is 4.98 Å². The first kappa shape index (κ1) is 10.6. The molecule has 1 atom stereocenters. The number of anilines is 1. The zero-order valence-corrected chi connectivity index (χ0v) is 9.09. The van der Waals surface area contributed by atoms with Crippen LogP contribution < -0.4 is 5.73 Å². The summed E-state index contributed by atoms with van der Waals surface area (Å²) >= 11 is 0. The van der Waals surface area contributed by atoms with Crippen LogP contribution in [0, 0.1) is 6.92 Å². The molecule has 0 spiro atoms. The number of benzene rings is 1. The van der Waals surface area contributed by atoms with Gasteiger partial charge in [-0.3, -0.25) is 4.98 Å². The van der Waals surface area contributed by atoms with Crippen LogP contribution in [0.1, 0.15) is 23.1 Å². The summed E-state index contributed by atoms with van der Waals surface area (Å²) in [6, 6.07) is 12.8. The highest BCUT2D eigenvalue weighted by Crippen LogP contribution is 2.21. The summed E-state index contributed by atoms with van der Waals surface area (Å²) in [4.78, 5) is 4.29. The van der Waals surface area contributed by atoms with Gasteiger partial charge in [-0.05, 0) is 36.8 Å². The fourth-order valence-electron chi connectivity index (χ4n) is 1.57. The number of rotatable bonds is 2. The number of aliphatic hydroxyl groups excluding tert-OH is 1. The first-order valence-electron chi connectivity index (χ1n) is 5.14. The van der Waals surface area contributed by atoms with Crippen molar-refractivity contribution in [3.05, 3.63) is 59.4 Å². The first-order valence-corrected chi connectivity index (χ1v) is 5.14. The van der Waals surface area contributed by atoms with Crippen LogP contribution in [0.25, 0.3) is 0 Å². The van der Waals surface area contributed by atoms with Gasteiger partial charge in [0.2, 0.25) is 0 Å². The number of nitrogens with two attached hydrogens (primary N) is 1. The van der Waals surface area contributed by atoms with Crippen LogP contribution in [0.15, 0.2) is 42.5 Å². The number of aryl methyl sites for hydroxylation is 1. The fourth-order valence-corrected chi connectivity index (χ4v) is 1.57. The Balaban J connectivity index is 2.31. The smallest absolute Gasteiger partial charge is 0.121 e. The minimum atomic E-state index is -0.694. The number of aromatic nitrogens is 1. The molecule has 0 aliphatic carbocycles. The van der Waals surface area contributed by atoms with Gasteiger partial charge in [0, 0.05) is 11.4 Å². The number of nitrogen functional groups attached to an aromatic ring is 1. The van der Waals surface area contributed by atoms with E-state index < -0.39 is 6.10 Å². The van der Waals surface area contributed by atoms with Crippen molar-refractivity contribution in [2.75, 3.05) is 5.73 Å². The average molecular weight is 214 g/mol. The van der Waals surface area contributed by atoms with Crippen LogP contribution >= 0.6 is 0 Å². The van der Waals surface area contributed by atoms with Crippen LogP contribution in [0.4, 0.5) is 5.69 Å². The zero-order valence-electron chi connectivity index (χ0n) is 9.09. The molecule has 0 aliphatic heterocycles. The standard InChI is InChI=1S/C13H14N2O/c1-9-3-2-4-12(15-9)13(16)10-5-7-11(14)8-6-10/h2-8,13,16H,14H2,1H3. The molecular weight excluding hydrogens is 200 g/mol. The number of pyridine rings is 1. The number of hydrogen-bond donors (Lipinski definition) is 2. The Hall–Kier alpha value is -1.87. The van der Waals surface area contributed by atoms with Gasteiger partial charge in [-0.15, -0.1) is 0 Å². The normalized spacial score (nSPS) is 12.4. The number of aliphatic hydroxyl groups is 1. The molecule has 0 bridgehead atoms. The molecule has 3 nitrogen and oxygen atoms in total. The molecule has 1 aromatic carbocycles. The summed E-state index contributed by atoms with van der Waals surface area (Å²) in [7, 11) is 0. The Morgan fingerprint density at radius 3 is 2.44 bits per heavy atom. The van der Waals surface area contributed by atoms with Crippen LogP contribution in [-0.2, 0) is 0 Å². The molecule has 3 heteroatoms. The lowest BCUT2D eigenvalue weighted by atomic mass is 10.1. The molecule has 1 heterocycles. The van der Waals surface area contributed by atoms with E-state index in [9.17, 15) is 5.11 Å². The highest BCUT2D eigenvalue weighted by molar-refractivity contribution is 5.41. The number of hydrogen-bond acceptors (Lipinski definition) is 3. The monoisotopic (exact) mass is 214 g/mol. The minimum absolute atomic E-state index is 0.657. The highest BCUT2D eigenvalue weighted by Gasteiger charge is 2.11.